The maximum Gasteiger partial charge on any atom is 0.357 e. The van der Waals surface area contributed by atoms with Gasteiger partial charge in [-0.3, -0.25) is 0 Å². The molecule has 84 valence electrons. The van der Waals surface area contributed by atoms with Crippen molar-refractivity contribution in [1.29, 1.82) is 0 Å². The largest absolute Gasteiger partial charge is 0.476 e. The van der Waals surface area contributed by atoms with E-state index < -0.39 is 5.97 Å². The van der Waals surface area contributed by atoms with Crippen LogP contribution in [0.25, 0.3) is 0 Å². The second kappa shape index (κ2) is 4.63. The number of aromatic carboxylic acids is 1. The topological polar surface area (TPSA) is 62.2 Å². The standard InChI is InChI=1S/C10H10N2O2S2/c1-6-2-3-7(16-6)4-11-9-8(10(13)14)12-5-15-9/h2-3,5,11H,4H2,1H3,(H,13,14). The first-order chi connectivity index (χ1) is 7.66. The summed E-state index contributed by atoms with van der Waals surface area (Å²) in [5, 5.41) is 12.6. The van der Waals surface area contributed by atoms with Crippen molar-refractivity contribution >= 4 is 33.6 Å². The van der Waals surface area contributed by atoms with E-state index in [2.05, 4.69) is 10.3 Å². The van der Waals surface area contributed by atoms with Crippen molar-refractivity contribution in [2.45, 2.75) is 13.5 Å². The maximum absolute atomic E-state index is 10.8. The Morgan fingerprint density at radius 1 is 1.56 bits per heavy atom. The van der Waals surface area contributed by atoms with Crippen LogP contribution >= 0.6 is 22.7 Å². The molecule has 0 aromatic carbocycles. The smallest absolute Gasteiger partial charge is 0.357 e. The average Bonchev–Trinajstić information content (AvgIpc) is 2.83. The van der Waals surface area contributed by atoms with Crippen molar-refractivity contribution in [3.8, 4) is 0 Å². The number of thiophene rings is 1. The number of hydrogen-bond donors (Lipinski definition) is 2. The number of nitrogens with one attached hydrogen (secondary N) is 1. The summed E-state index contributed by atoms with van der Waals surface area (Å²) in [6, 6.07) is 4.08. The van der Waals surface area contributed by atoms with Crippen molar-refractivity contribution in [1.82, 2.24) is 4.98 Å². The molecule has 0 aliphatic carbocycles. The van der Waals surface area contributed by atoms with E-state index in [1.807, 2.05) is 19.1 Å². The Hall–Kier alpha value is -1.40. The molecule has 2 aromatic rings. The molecular formula is C10H10N2O2S2. The second-order valence-corrected chi connectivity index (χ2v) is 5.43. The highest BCUT2D eigenvalue weighted by Crippen LogP contribution is 2.22. The van der Waals surface area contributed by atoms with E-state index in [1.54, 1.807) is 11.3 Å². The number of aryl methyl sites for hydroxylation is 1. The number of carbonyl (C=O) groups is 1. The van der Waals surface area contributed by atoms with Crippen LogP contribution in [-0.4, -0.2) is 16.1 Å². The molecule has 16 heavy (non-hydrogen) atoms. The molecule has 2 N–H and O–H groups in total. The summed E-state index contributed by atoms with van der Waals surface area (Å²) >= 11 is 3.00. The van der Waals surface area contributed by atoms with Crippen LogP contribution in [0.2, 0.25) is 0 Å². The predicted molar refractivity (Wildman–Crippen MR) is 65.5 cm³/mol. The summed E-state index contributed by atoms with van der Waals surface area (Å²) < 4.78 is 0. The summed E-state index contributed by atoms with van der Waals surface area (Å²) in [6.07, 6.45) is 0. The van der Waals surface area contributed by atoms with Gasteiger partial charge in [0, 0.05) is 9.75 Å². The fourth-order valence-corrected chi connectivity index (χ4v) is 2.77. The number of rotatable bonds is 4. The van der Waals surface area contributed by atoms with E-state index in [1.165, 1.54) is 26.6 Å². The van der Waals surface area contributed by atoms with Gasteiger partial charge in [0.05, 0.1) is 12.1 Å². The Balaban J connectivity index is 2.04. The average molecular weight is 254 g/mol. The van der Waals surface area contributed by atoms with E-state index in [-0.39, 0.29) is 5.69 Å². The summed E-state index contributed by atoms with van der Waals surface area (Å²) in [5.74, 6) is -0.994. The van der Waals surface area contributed by atoms with Gasteiger partial charge in [-0.25, -0.2) is 9.78 Å². The van der Waals surface area contributed by atoms with Gasteiger partial charge in [0.15, 0.2) is 5.69 Å². The Kier molecular flexibility index (Phi) is 3.21. The number of nitrogens with zero attached hydrogens (tertiary/aromatic N) is 1. The first-order valence-electron chi connectivity index (χ1n) is 4.63. The third kappa shape index (κ3) is 2.40. The number of anilines is 1. The number of thiazole rings is 1. The molecule has 0 fully saturated rings. The zero-order valence-corrected chi connectivity index (χ0v) is 10.2. The summed E-state index contributed by atoms with van der Waals surface area (Å²) in [4.78, 5) is 17.0. The lowest BCUT2D eigenvalue weighted by Crippen LogP contribution is -2.03. The van der Waals surface area contributed by atoms with Crippen LogP contribution in [0.1, 0.15) is 20.2 Å². The maximum atomic E-state index is 10.8. The lowest BCUT2D eigenvalue weighted by Gasteiger charge is -2.01. The van der Waals surface area contributed by atoms with Crippen LogP contribution in [0.5, 0.6) is 0 Å². The van der Waals surface area contributed by atoms with Gasteiger partial charge in [0.25, 0.3) is 0 Å². The van der Waals surface area contributed by atoms with Gasteiger partial charge in [0.1, 0.15) is 5.00 Å². The van der Waals surface area contributed by atoms with Gasteiger partial charge < -0.3 is 10.4 Å². The van der Waals surface area contributed by atoms with Gasteiger partial charge in [-0.05, 0) is 19.1 Å². The Morgan fingerprint density at radius 3 is 3.00 bits per heavy atom. The van der Waals surface area contributed by atoms with Gasteiger partial charge in [-0.1, -0.05) is 0 Å². The number of carboxylic acids is 1. The molecule has 4 nitrogen and oxygen atoms in total. The molecule has 0 aliphatic heterocycles. The van der Waals surface area contributed by atoms with Gasteiger partial charge in [-0.15, -0.1) is 22.7 Å². The second-order valence-electron chi connectivity index (χ2n) is 3.20. The van der Waals surface area contributed by atoms with E-state index in [0.717, 1.165) is 0 Å². The number of carboxylic acid groups (broad SMARTS) is 1. The molecule has 0 unspecified atom stereocenters. The normalized spacial score (nSPS) is 10.3. The van der Waals surface area contributed by atoms with Crippen LogP contribution in [-0.2, 0) is 6.54 Å². The molecule has 0 amide bonds. The Bertz CT molecular complexity index is 504. The van der Waals surface area contributed by atoms with Gasteiger partial charge in [0.2, 0.25) is 0 Å². The molecule has 2 aromatic heterocycles. The molecular weight excluding hydrogens is 244 g/mol. The molecule has 0 radical (unpaired) electrons. The van der Waals surface area contributed by atoms with Crippen LogP contribution in [0.15, 0.2) is 17.6 Å². The SMILES string of the molecule is Cc1ccc(CNc2scnc2C(=O)O)s1. The minimum Gasteiger partial charge on any atom is -0.476 e. The Morgan fingerprint density at radius 2 is 2.38 bits per heavy atom. The lowest BCUT2D eigenvalue weighted by atomic mass is 10.4. The van der Waals surface area contributed by atoms with Crippen molar-refractivity contribution in [3.63, 3.8) is 0 Å². The molecule has 0 spiro atoms. The molecule has 0 atom stereocenters. The fourth-order valence-electron chi connectivity index (χ4n) is 1.27. The van der Waals surface area contributed by atoms with E-state index >= 15 is 0 Å². The van der Waals surface area contributed by atoms with Crippen LogP contribution in [0, 0.1) is 6.92 Å². The van der Waals surface area contributed by atoms with Crippen molar-refractivity contribution in [3.05, 3.63) is 33.1 Å². The molecule has 0 bridgehead atoms. The van der Waals surface area contributed by atoms with Crippen molar-refractivity contribution in [2.24, 2.45) is 0 Å². The molecule has 0 aliphatic rings. The predicted octanol–water partition coefficient (Wildman–Crippen LogP) is 2.82. The number of aromatic nitrogens is 1. The summed E-state index contributed by atoms with van der Waals surface area (Å²) in [5.41, 5.74) is 1.63. The van der Waals surface area contributed by atoms with Crippen molar-refractivity contribution in [2.75, 3.05) is 5.32 Å². The number of hydrogen-bond acceptors (Lipinski definition) is 5. The highest BCUT2D eigenvalue weighted by Gasteiger charge is 2.12. The minimum atomic E-state index is -0.994. The van der Waals surface area contributed by atoms with Crippen LogP contribution in [0.4, 0.5) is 5.00 Å². The van der Waals surface area contributed by atoms with Gasteiger partial charge >= 0.3 is 5.97 Å². The van der Waals surface area contributed by atoms with Crippen LogP contribution < -0.4 is 5.32 Å². The van der Waals surface area contributed by atoms with Gasteiger partial charge in [-0.2, -0.15) is 0 Å². The molecule has 0 saturated carbocycles. The third-order valence-electron chi connectivity index (χ3n) is 1.99. The van der Waals surface area contributed by atoms with Crippen LogP contribution in [0.3, 0.4) is 0 Å². The monoisotopic (exact) mass is 254 g/mol. The van der Waals surface area contributed by atoms with E-state index in [9.17, 15) is 4.79 Å². The molecule has 6 heteroatoms. The first-order valence-corrected chi connectivity index (χ1v) is 6.32. The highest BCUT2D eigenvalue weighted by molar-refractivity contribution is 7.14. The third-order valence-corrected chi connectivity index (χ3v) is 3.77. The Labute approximate surface area is 101 Å². The molecule has 2 rings (SSSR count). The lowest BCUT2D eigenvalue weighted by molar-refractivity contribution is 0.0692. The summed E-state index contributed by atoms with van der Waals surface area (Å²) in [6.45, 7) is 2.69. The van der Waals surface area contributed by atoms with Crippen molar-refractivity contribution < 1.29 is 9.90 Å². The highest BCUT2D eigenvalue weighted by atomic mass is 32.1. The first kappa shape index (κ1) is 11.1. The fraction of sp³-hybridized carbons (Fsp3) is 0.200. The summed E-state index contributed by atoms with van der Waals surface area (Å²) in [7, 11) is 0. The quantitative estimate of drug-likeness (QED) is 0.880. The minimum absolute atomic E-state index is 0.0956. The van der Waals surface area contributed by atoms with E-state index in [0.29, 0.717) is 11.5 Å². The molecule has 0 saturated heterocycles. The zero-order chi connectivity index (χ0) is 11.5. The molecule has 2 heterocycles. The zero-order valence-electron chi connectivity index (χ0n) is 8.56. The van der Waals surface area contributed by atoms with E-state index in [4.69, 9.17) is 5.11 Å².